The van der Waals surface area contributed by atoms with Crippen LogP contribution in [-0.4, -0.2) is 43.1 Å². The molecule has 1 N–H and O–H groups in total. The Hall–Kier alpha value is -1.55. The topological polar surface area (TPSA) is 41.6 Å². The Balaban J connectivity index is 1.56. The van der Waals surface area contributed by atoms with Crippen molar-refractivity contribution in [2.24, 2.45) is 5.92 Å². The second kappa shape index (κ2) is 8.92. The Morgan fingerprint density at radius 2 is 2.17 bits per heavy atom. The summed E-state index contributed by atoms with van der Waals surface area (Å²) in [6, 6.07) is 8.57. The number of aryl methyl sites for hydroxylation is 1. The second-order valence-corrected chi connectivity index (χ2v) is 6.76. The summed E-state index contributed by atoms with van der Waals surface area (Å²) in [7, 11) is 0. The van der Waals surface area contributed by atoms with Gasteiger partial charge in [0.1, 0.15) is 5.75 Å². The molecular formula is C19H30N2O2. The highest BCUT2D eigenvalue weighted by molar-refractivity contribution is 5.75. The first-order valence-corrected chi connectivity index (χ1v) is 8.75. The zero-order valence-corrected chi connectivity index (χ0v) is 14.7. The fraction of sp³-hybridized carbons (Fsp3) is 0.632. The number of nitrogens with zero attached hydrogens (tertiary/aromatic N) is 1. The third kappa shape index (κ3) is 5.87. The summed E-state index contributed by atoms with van der Waals surface area (Å²) in [5, 5.41) is 3.07. The first kappa shape index (κ1) is 17.8. The van der Waals surface area contributed by atoms with Gasteiger partial charge in [-0.1, -0.05) is 18.2 Å². The number of carbonyl (C=O) groups is 1. The van der Waals surface area contributed by atoms with Gasteiger partial charge in [0.25, 0.3) is 0 Å². The maximum absolute atomic E-state index is 11.9. The van der Waals surface area contributed by atoms with E-state index in [1.165, 1.54) is 6.42 Å². The van der Waals surface area contributed by atoms with Crippen molar-refractivity contribution in [3.63, 3.8) is 0 Å². The van der Waals surface area contributed by atoms with Crippen molar-refractivity contribution in [3.8, 4) is 5.75 Å². The lowest BCUT2D eigenvalue weighted by Crippen LogP contribution is -2.33. The minimum absolute atomic E-state index is 0.140. The molecule has 0 aromatic heterocycles. The number of amides is 1. The number of hydrogen-bond acceptors (Lipinski definition) is 3. The molecule has 23 heavy (non-hydrogen) atoms. The highest BCUT2D eigenvalue weighted by Crippen LogP contribution is 2.18. The lowest BCUT2D eigenvalue weighted by molar-refractivity contribution is -0.121. The third-order valence-electron chi connectivity index (χ3n) is 4.53. The number of ether oxygens (including phenoxy) is 1. The fourth-order valence-corrected chi connectivity index (χ4v) is 2.98. The number of para-hydroxylation sites is 1. The fourth-order valence-electron chi connectivity index (χ4n) is 2.98. The number of carbonyl (C=O) groups excluding carboxylic acids is 1. The molecule has 1 aliphatic heterocycles. The number of likely N-dealkylation sites (tertiary alicyclic amines) is 1. The van der Waals surface area contributed by atoms with Crippen molar-refractivity contribution in [2.75, 3.05) is 26.2 Å². The first-order chi connectivity index (χ1) is 11.1. The average Bonchev–Trinajstić information content (AvgIpc) is 3.00. The summed E-state index contributed by atoms with van der Waals surface area (Å²) in [4.78, 5) is 14.4. The maximum Gasteiger partial charge on any atom is 0.220 e. The summed E-state index contributed by atoms with van der Waals surface area (Å²) in [6.07, 6.45) is 2.48. The molecule has 0 saturated carbocycles. The highest BCUT2D eigenvalue weighted by Gasteiger charge is 2.24. The van der Waals surface area contributed by atoms with Gasteiger partial charge in [-0.25, -0.2) is 0 Å². The first-order valence-electron chi connectivity index (χ1n) is 8.75. The molecule has 0 aliphatic carbocycles. The minimum Gasteiger partial charge on any atom is -0.493 e. The molecule has 1 saturated heterocycles. The lowest BCUT2D eigenvalue weighted by Gasteiger charge is -2.20. The molecule has 1 unspecified atom stereocenters. The van der Waals surface area contributed by atoms with E-state index in [-0.39, 0.29) is 5.91 Å². The third-order valence-corrected chi connectivity index (χ3v) is 4.53. The van der Waals surface area contributed by atoms with Crippen LogP contribution in [0.5, 0.6) is 5.75 Å². The molecule has 1 aromatic carbocycles. The van der Waals surface area contributed by atoms with Crippen molar-refractivity contribution in [1.29, 1.82) is 0 Å². The monoisotopic (exact) mass is 318 g/mol. The standard InChI is InChI=1S/C19H30N2O2/c1-15(2)21-11-10-17(14-21)13-20-19(22)9-6-12-23-18-8-5-4-7-16(18)3/h4-5,7-8,15,17H,6,9-14H2,1-3H3,(H,20,22). The van der Waals surface area contributed by atoms with Gasteiger partial charge in [0.2, 0.25) is 5.91 Å². The largest absolute Gasteiger partial charge is 0.493 e. The summed E-state index contributed by atoms with van der Waals surface area (Å²) < 4.78 is 5.72. The molecule has 0 spiro atoms. The summed E-state index contributed by atoms with van der Waals surface area (Å²) in [5.74, 6) is 1.65. The van der Waals surface area contributed by atoms with Gasteiger partial charge >= 0.3 is 0 Å². The van der Waals surface area contributed by atoms with Gasteiger partial charge in [-0.3, -0.25) is 4.79 Å². The van der Waals surface area contributed by atoms with Crippen LogP contribution in [0, 0.1) is 12.8 Å². The molecule has 4 nitrogen and oxygen atoms in total. The zero-order chi connectivity index (χ0) is 16.7. The Morgan fingerprint density at radius 1 is 1.39 bits per heavy atom. The predicted octanol–water partition coefficient (Wildman–Crippen LogP) is 3.00. The molecule has 1 heterocycles. The van der Waals surface area contributed by atoms with Gasteiger partial charge in [0.05, 0.1) is 6.61 Å². The van der Waals surface area contributed by atoms with Crippen LogP contribution >= 0.6 is 0 Å². The molecule has 0 radical (unpaired) electrons. The number of hydrogen-bond donors (Lipinski definition) is 1. The average molecular weight is 318 g/mol. The van der Waals surface area contributed by atoms with Gasteiger partial charge in [0, 0.05) is 25.6 Å². The number of benzene rings is 1. The van der Waals surface area contributed by atoms with E-state index in [1.807, 2.05) is 31.2 Å². The van der Waals surface area contributed by atoms with Crippen molar-refractivity contribution >= 4 is 5.91 Å². The Bertz CT molecular complexity index is 502. The molecular weight excluding hydrogens is 288 g/mol. The summed E-state index contributed by atoms with van der Waals surface area (Å²) >= 11 is 0. The summed E-state index contributed by atoms with van der Waals surface area (Å²) in [5.41, 5.74) is 1.13. The molecule has 2 rings (SSSR count). The van der Waals surface area contributed by atoms with Crippen molar-refractivity contribution in [3.05, 3.63) is 29.8 Å². The van der Waals surface area contributed by atoms with Crippen LogP contribution in [-0.2, 0) is 4.79 Å². The van der Waals surface area contributed by atoms with E-state index in [0.717, 1.165) is 37.4 Å². The van der Waals surface area contributed by atoms with Gasteiger partial charge in [-0.15, -0.1) is 0 Å². The molecule has 1 atom stereocenters. The van der Waals surface area contributed by atoms with Crippen LogP contribution in [0.15, 0.2) is 24.3 Å². The quantitative estimate of drug-likeness (QED) is 0.749. The van der Waals surface area contributed by atoms with Crippen molar-refractivity contribution in [1.82, 2.24) is 10.2 Å². The SMILES string of the molecule is Cc1ccccc1OCCCC(=O)NCC1CCN(C(C)C)C1. The molecule has 128 valence electrons. The smallest absolute Gasteiger partial charge is 0.220 e. The van der Waals surface area contributed by atoms with Gasteiger partial charge in [-0.05, 0) is 57.7 Å². The number of rotatable bonds is 8. The molecule has 1 aromatic rings. The molecule has 4 heteroatoms. The van der Waals surface area contributed by atoms with Crippen LogP contribution in [0.2, 0.25) is 0 Å². The molecule has 1 aliphatic rings. The van der Waals surface area contributed by atoms with E-state index < -0.39 is 0 Å². The highest BCUT2D eigenvalue weighted by atomic mass is 16.5. The van der Waals surface area contributed by atoms with Crippen LogP contribution in [0.25, 0.3) is 0 Å². The minimum atomic E-state index is 0.140. The van der Waals surface area contributed by atoms with E-state index in [2.05, 4.69) is 24.1 Å². The van der Waals surface area contributed by atoms with E-state index in [1.54, 1.807) is 0 Å². The van der Waals surface area contributed by atoms with Crippen LogP contribution < -0.4 is 10.1 Å². The summed E-state index contributed by atoms with van der Waals surface area (Å²) in [6.45, 7) is 10.1. The van der Waals surface area contributed by atoms with Gasteiger partial charge in [-0.2, -0.15) is 0 Å². The maximum atomic E-state index is 11.9. The molecule has 1 amide bonds. The van der Waals surface area contributed by atoms with Gasteiger partial charge < -0.3 is 15.0 Å². The van der Waals surface area contributed by atoms with E-state index >= 15 is 0 Å². The Kier molecular flexibility index (Phi) is 6.90. The Morgan fingerprint density at radius 3 is 2.87 bits per heavy atom. The van der Waals surface area contributed by atoms with Crippen LogP contribution in [0.3, 0.4) is 0 Å². The number of nitrogens with one attached hydrogen (secondary N) is 1. The van der Waals surface area contributed by atoms with Crippen LogP contribution in [0.4, 0.5) is 0 Å². The zero-order valence-electron chi connectivity index (χ0n) is 14.7. The Labute approximate surface area is 140 Å². The van der Waals surface area contributed by atoms with Crippen molar-refractivity contribution < 1.29 is 9.53 Å². The van der Waals surface area contributed by atoms with Crippen LogP contribution in [0.1, 0.15) is 38.7 Å². The van der Waals surface area contributed by atoms with Gasteiger partial charge in [0.15, 0.2) is 0 Å². The van der Waals surface area contributed by atoms with E-state index in [4.69, 9.17) is 4.74 Å². The predicted molar refractivity (Wildman–Crippen MR) is 93.7 cm³/mol. The van der Waals surface area contributed by atoms with E-state index in [0.29, 0.717) is 25.0 Å². The lowest BCUT2D eigenvalue weighted by atomic mass is 10.1. The second-order valence-electron chi connectivity index (χ2n) is 6.76. The van der Waals surface area contributed by atoms with Crippen molar-refractivity contribution in [2.45, 2.75) is 46.1 Å². The molecule has 1 fully saturated rings. The molecule has 0 bridgehead atoms. The van der Waals surface area contributed by atoms with E-state index in [9.17, 15) is 4.79 Å². The normalized spacial score (nSPS) is 18.3.